The minimum atomic E-state index is -0.342. The van der Waals surface area contributed by atoms with Gasteiger partial charge in [-0.1, -0.05) is 0 Å². The number of hydrogen-bond acceptors (Lipinski definition) is 6. The van der Waals surface area contributed by atoms with Crippen LogP contribution in [0.4, 0.5) is 0 Å². The van der Waals surface area contributed by atoms with Gasteiger partial charge in [0.25, 0.3) is 0 Å². The maximum absolute atomic E-state index is 12.6. The van der Waals surface area contributed by atoms with Crippen molar-refractivity contribution in [3.63, 3.8) is 0 Å². The van der Waals surface area contributed by atoms with Crippen molar-refractivity contribution < 1.29 is 29.3 Å². The first-order valence-corrected chi connectivity index (χ1v) is 12.3. The average molecular weight is 465 g/mol. The summed E-state index contributed by atoms with van der Waals surface area (Å²) >= 11 is 0. The van der Waals surface area contributed by atoms with Crippen molar-refractivity contribution in [2.45, 2.75) is 51.7 Å². The number of ether oxygens (including phenoxy) is 2. The lowest BCUT2D eigenvalue weighted by molar-refractivity contribution is -0.0109. The van der Waals surface area contributed by atoms with Crippen molar-refractivity contribution >= 4 is 11.9 Å². The summed E-state index contributed by atoms with van der Waals surface area (Å²) in [5, 5.41) is 18.9. The molecule has 0 aromatic heterocycles. The molecule has 0 radical (unpaired) electrons. The Morgan fingerprint density at radius 3 is 1.76 bits per heavy atom. The first-order valence-electron chi connectivity index (χ1n) is 12.3. The molecular formula is C28H32O6. The standard InChI is InChI=1S/C28H32O6/c1-15(33-27(31)17-3-7-20(29)8-4-17)22-11-12-23-25-14-19(26(22)23)13-24(25)16(2)34-28(32)18-5-9-21(30)10-6-18/h3-10,15-16,19,22-26,29-30H,11-14H2,1-2H3. The van der Waals surface area contributed by atoms with Crippen LogP contribution in [-0.2, 0) is 9.47 Å². The van der Waals surface area contributed by atoms with E-state index in [1.165, 1.54) is 24.3 Å². The van der Waals surface area contributed by atoms with Gasteiger partial charge in [0.1, 0.15) is 23.7 Å². The van der Waals surface area contributed by atoms with E-state index in [9.17, 15) is 19.8 Å². The van der Waals surface area contributed by atoms with Crippen molar-refractivity contribution in [1.29, 1.82) is 0 Å². The van der Waals surface area contributed by atoms with Crippen LogP contribution in [0, 0.1) is 35.5 Å². The Hall–Kier alpha value is -3.02. The fraction of sp³-hybridized carbons (Fsp3) is 0.500. The van der Waals surface area contributed by atoms with Crippen LogP contribution in [0.1, 0.15) is 60.2 Å². The maximum Gasteiger partial charge on any atom is 0.338 e. The van der Waals surface area contributed by atoms with Crippen LogP contribution in [0.15, 0.2) is 48.5 Å². The molecule has 6 nitrogen and oxygen atoms in total. The third-order valence-corrected chi connectivity index (χ3v) is 8.61. The lowest BCUT2D eigenvalue weighted by Gasteiger charge is -2.37. The Bertz CT molecular complexity index is 1050. The first-order chi connectivity index (χ1) is 16.3. The second kappa shape index (κ2) is 8.97. The van der Waals surface area contributed by atoms with Crippen LogP contribution in [0.3, 0.4) is 0 Å². The van der Waals surface area contributed by atoms with Gasteiger partial charge in [0.2, 0.25) is 0 Å². The number of rotatable bonds is 6. The Morgan fingerprint density at radius 2 is 1.24 bits per heavy atom. The minimum Gasteiger partial charge on any atom is -0.508 e. The highest BCUT2D eigenvalue weighted by Gasteiger charge is 2.59. The Morgan fingerprint density at radius 1 is 0.735 bits per heavy atom. The third kappa shape index (κ3) is 4.15. The molecule has 2 bridgehead atoms. The molecular weight excluding hydrogens is 432 g/mol. The number of carbonyl (C=O) groups is 2. The van der Waals surface area contributed by atoms with Gasteiger partial charge >= 0.3 is 11.9 Å². The molecule has 3 fully saturated rings. The molecule has 2 aromatic rings. The summed E-state index contributed by atoms with van der Waals surface area (Å²) in [6.45, 7) is 4.02. The van der Waals surface area contributed by atoms with E-state index >= 15 is 0 Å². The second-order valence-electron chi connectivity index (χ2n) is 10.4. The quantitative estimate of drug-likeness (QED) is 0.572. The topological polar surface area (TPSA) is 93.1 Å². The van der Waals surface area contributed by atoms with Gasteiger partial charge < -0.3 is 19.7 Å². The van der Waals surface area contributed by atoms with Crippen LogP contribution in [-0.4, -0.2) is 34.4 Å². The number of fused-ring (bicyclic) bond motifs is 5. The molecule has 0 aliphatic heterocycles. The van der Waals surface area contributed by atoms with Gasteiger partial charge in [0.15, 0.2) is 0 Å². The Balaban J connectivity index is 1.19. The summed E-state index contributed by atoms with van der Waals surface area (Å²) in [4.78, 5) is 25.2. The van der Waals surface area contributed by atoms with E-state index in [1.807, 2.05) is 13.8 Å². The van der Waals surface area contributed by atoms with Crippen molar-refractivity contribution in [2.24, 2.45) is 35.5 Å². The number of phenols is 2. The predicted octanol–water partition coefficient (Wildman–Crippen LogP) is 5.19. The summed E-state index contributed by atoms with van der Waals surface area (Å²) in [6.07, 6.45) is 4.09. The van der Waals surface area contributed by atoms with Crippen LogP contribution < -0.4 is 0 Å². The molecule has 2 N–H and O–H groups in total. The van der Waals surface area contributed by atoms with Gasteiger partial charge in [0.05, 0.1) is 11.1 Å². The predicted molar refractivity (Wildman–Crippen MR) is 125 cm³/mol. The van der Waals surface area contributed by atoms with E-state index in [2.05, 4.69) is 0 Å². The van der Waals surface area contributed by atoms with Gasteiger partial charge in [0, 0.05) is 0 Å². The van der Waals surface area contributed by atoms with E-state index in [0.717, 1.165) is 25.7 Å². The smallest absolute Gasteiger partial charge is 0.338 e. The fourth-order valence-electron chi connectivity index (χ4n) is 7.17. The van der Waals surface area contributed by atoms with Crippen molar-refractivity contribution in [2.75, 3.05) is 0 Å². The fourth-order valence-corrected chi connectivity index (χ4v) is 7.17. The maximum atomic E-state index is 12.6. The van der Waals surface area contributed by atoms with Crippen molar-refractivity contribution in [1.82, 2.24) is 0 Å². The molecule has 0 saturated heterocycles. The number of phenolic OH excluding ortho intramolecular Hbond substituents is 2. The van der Waals surface area contributed by atoms with E-state index in [1.54, 1.807) is 24.3 Å². The number of carbonyl (C=O) groups excluding carboxylic acids is 2. The van der Waals surface area contributed by atoms with Gasteiger partial charge in [-0.3, -0.25) is 0 Å². The third-order valence-electron chi connectivity index (χ3n) is 8.61. The molecule has 3 saturated carbocycles. The molecule has 3 aliphatic carbocycles. The minimum absolute atomic E-state index is 0.127. The van der Waals surface area contributed by atoms with Gasteiger partial charge in [-0.15, -0.1) is 0 Å². The normalized spacial score (nSPS) is 31.0. The van der Waals surface area contributed by atoms with Crippen LogP contribution >= 0.6 is 0 Å². The lowest BCUT2D eigenvalue weighted by Crippen LogP contribution is -2.37. The van der Waals surface area contributed by atoms with Crippen LogP contribution in [0.25, 0.3) is 0 Å². The largest absolute Gasteiger partial charge is 0.508 e. The molecule has 34 heavy (non-hydrogen) atoms. The zero-order chi connectivity index (χ0) is 24.0. The lowest BCUT2D eigenvalue weighted by atomic mass is 9.71. The summed E-state index contributed by atoms with van der Waals surface area (Å²) in [7, 11) is 0. The Kier molecular flexibility index (Phi) is 6.00. The molecule has 2 aromatic carbocycles. The average Bonchev–Trinajstić information content (AvgIpc) is 3.52. The molecule has 6 heteroatoms. The molecule has 0 heterocycles. The van der Waals surface area contributed by atoms with Crippen molar-refractivity contribution in [3.05, 3.63) is 59.7 Å². The number of benzene rings is 2. The van der Waals surface area contributed by atoms with Crippen LogP contribution in [0.2, 0.25) is 0 Å². The highest BCUT2D eigenvalue weighted by Crippen LogP contribution is 2.64. The second-order valence-corrected chi connectivity index (χ2v) is 10.4. The van der Waals surface area contributed by atoms with E-state index < -0.39 is 0 Å². The summed E-state index contributed by atoms with van der Waals surface area (Å²) in [5.41, 5.74) is 0.910. The molecule has 0 amide bonds. The molecule has 8 atom stereocenters. The molecule has 3 aliphatic rings. The summed E-state index contributed by atoms with van der Waals surface area (Å²) in [6, 6.07) is 12.3. The summed E-state index contributed by atoms with van der Waals surface area (Å²) < 4.78 is 11.7. The molecule has 5 rings (SSSR count). The van der Waals surface area contributed by atoms with E-state index in [-0.39, 0.29) is 35.6 Å². The van der Waals surface area contributed by atoms with Crippen molar-refractivity contribution in [3.8, 4) is 11.5 Å². The molecule has 8 unspecified atom stereocenters. The highest BCUT2D eigenvalue weighted by molar-refractivity contribution is 5.90. The summed E-state index contributed by atoms with van der Waals surface area (Å²) in [5.74, 6) is 2.57. The highest BCUT2D eigenvalue weighted by atomic mass is 16.5. The van der Waals surface area contributed by atoms with Gasteiger partial charge in [-0.05, 0) is 124 Å². The Labute approximate surface area is 199 Å². The molecule has 0 spiro atoms. The first kappa shape index (κ1) is 22.8. The number of hydrogen-bond donors (Lipinski definition) is 2. The number of esters is 2. The number of aromatic hydroxyl groups is 2. The van der Waals surface area contributed by atoms with E-state index in [0.29, 0.717) is 46.6 Å². The SMILES string of the molecule is CC(OC(=O)c1ccc(O)cc1)C1CC2CC1C1CCC(C(C)OC(=O)c3ccc(O)cc3)C21. The zero-order valence-corrected chi connectivity index (χ0v) is 19.6. The van der Waals surface area contributed by atoms with Gasteiger partial charge in [-0.25, -0.2) is 9.59 Å². The monoisotopic (exact) mass is 464 g/mol. The van der Waals surface area contributed by atoms with Crippen LogP contribution in [0.5, 0.6) is 11.5 Å². The molecule has 180 valence electrons. The van der Waals surface area contributed by atoms with Gasteiger partial charge in [-0.2, -0.15) is 0 Å². The zero-order valence-electron chi connectivity index (χ0n) is 19.6. The van der Waals surface area contributed by atoms with E-state index in [4.69, 9.17) is 9.47 Å².